The molecule has 3 rings (SSSR count). The van der Waals surface area contributed by atoms with Crippen molar-refractivity contribution < 1.29 is 9.47 Å². The number of methoxy groups -OCH3 is 1. The summed E-state index contributed by atoms with van der Waals surface area (Å²) in [5, 5.41) is 3.49. The molecule has 0 aromatic heterocycles. The minimum atomic E-state index is 0.753. The van der Waals surface area contributed by atoms with Crippen LogP contribution in [0.4, 0.5) is 0 Å². The molecule has 0 saturated carbocycles. The van der Waals surface area contributed by atoms with Crippen molar-refractivity contribution in [3.8, 4) is 11.5 Å². The predicted octanol–water partition coefficient (Wildman–Crippen LogP) is 2.92. The average Bonchev–Trinajstić information content (AvgIpc) is 2.45. The first kappa shape index (κ1) is 13.0. The summed E-state index contributed by atoms with van der Waals surface area (Å²) in [4.78, 5) is 0. The van der Waals surface area contributed by atoms with Gasteiger partial charge in [-0.3, -0.25) is 0 Å². The lowest BCUT2D eigenvalue weighted by Gasteiger charge is -2.23. The van der Waals surface area contributed by atoms with Gasteiger partial charge in [0.1, 0.15) is 18.1 Å². The molecule has 1 aliphatic rings. The fourth-order valence-corrected chi connectivity index (χ4v) is 2.43. The summed E-state index contributed by atoms with van der Waals surface area (Å²) in [7, 11) is 1.70. The van der Waals surface area contributed by atoms with Crippen LogP contribution in [-0.2, 0) is 19.6 Å². The summed E-state index contributed by atoms with van der Waals surface area (Å²) in [5.41, 5.74) is 3.99. The first-order valence-corrected chi connectivity index (χ1v) is 6.94. The van der Waals surface area contributed by atoms with E-state index < -0.39 is 0 Å². The molecular weight excluding hydrogens is 250 g/mol. The van der Waals surface area contributed by atoms with E-state index in [2.05, 4.69) is 29.6 Å². The Hall–Kier alpha value is -2.00. The van der Waals surface area contributed by atoms with E-state index in [1.165, 1.54) is 16.7 Å². The molecule has 20 heavy (non-hydrogen) atoms. The topological polar surface area (TPSA) is 30.5 Å². The highest BCUT2D eigenvalue weighted by Gasteiger charge is 2.17. The molecule has 0 amide bonds. The molecule has 1 heterocycles. The van der Waals surface area contributed by atoms with E-state index in [1.54, 1.807) is 7.11 Å². The number of hydrogen-bond donors (Lipinski definition) is 1. The molecule has 3 nitrogen and oxygen atoms in total. The van der Waals surface area contributed by atoms with Crippen LogP contribution >= 0.6 is 0 Å². The van der Waals surface area contributed by atoms with Gasteiger partial charge in [0.05, 0.1) is 7.11 Å². The molecule has 0 bridgehead atoms. The molecule has 104 valence electrons. The van der Waals surface area contributed by atoms with Gasteiger partial charge in [0.25, 0.3) is 0 Å². The Morgan fingerprint density at radius 3 is 2.90 bits per heavy atom. The number of ether oxygens (including phenoxy) is 2. The highest BCUT2D eigenvalue weighted by Crippen LogP contribution is 2.31. The third-order valence-electron chi connectivity index (χ3n) is 3.64. The van der Waals surface area contributed by atoms with Crippen molar-refractivity contribution in [1.82, 2.24) is 5.32 Å². The Kier molecular flexibility index (Phi) is 3.88. The van der Waals surface area contributed by atoms with Gasteiger partial charge >= 0.3 is 0 Å². The van der Waals surface area contributed by atoms with E-state index in [0.717, 1.165) is 37.6 Å². The second-order valence-corrected chi connectivity index (χ2v) is 4.96. The monoisotopic (exact) mass is 269 g/mol. The van der Waals surface area contributed by atoms with Gasteiger partial charge in [0.15, 0.2) is 0 Å². The SMILES string of the molecule is COc1cccc(CCNCc2cccc3c2CO3)c1. The van der Waals surface area contributed by atoms with Crippen LogP contribution in [0.15, 0.2) is 42.5 Å². The zero-order valence-electron chi connectivity index (χ0n) is 11.7. The second kappa shape index (κ2) is 5.97. The van der Waals surface area contributed by atoms with Crippen LogP contribution in [0.3, 0.4) is 0 Å². The van der Waals surface area contributed by atoms with Crippen LogP contribution in [0, 0.1) is 0 Å². The van der Waals surface area contributed by atoms with Crippen LogP contribution in [0.1, 0.15) is 16.7 Å². The van der Waals surface area contributed by atoms with Crippen molar-refractivity contribution >= 4 is 0 Å². The van der Waals surface area contributed by atoms with Gasteiger partial charge in [0, 0.05) is 12.1 Å². The van der Waals surface area contributed by atoms with Crippen LogP contribution in [-0.4, -0.2) is 13.7 Å². The second-order valence-electron chi connectivity index (χ2n) is 4.96. The molecule has 2 aromatic carbocycles. The molecule has 0 aliphatic carbocycles. The number of hydrogen-bond acceptors (Lipinski definition) is 3. The Balaban J connectivity index is 1.49. The summed E-state index contributed by atoms with van der Waals surface area (Å²) in [6.07, 6.45) is 1.00. The van der Waals surface area contributed by atoms with Crippen LogP contribution < -0.4 is 14.8 Å². The van der Waals surface area contributed by atoms with Crippen molar-refractivity contribution in [2.45, 2.75) is 19.6 Å². The Morgan fingerprint density at radius 2 is 2.10 bits per heavy atom. The maximum atomic E-state index is 5.38. The lowest BCUT2D eigenvalue weighted by Crippen LogP contribution is -2.20. The highest BCUT2D eigenvalue weighted by molar-refractivity contribution is 5.44. The van der Waals surface area contributed by atoms with E-state index in [-0.39, 0.29) is 0 Å². The number of rotatable bonds is 6. The maximum Gasteiger partial charge on any atom is 0.126 e. The van der Waals surface area contributed by atoms with Crippen molar-refractivity contribution in [1.29, 1.82) is 0 Å². The summed E-state index contributed by atoms with van der Waals surface area (Å²) in [6.45, 7) is 2.61. The van der Waals surface area contributed by atoms with Gasteiger partial charge in [-0.05, 0) is 42.3 Å². The lowest BCUT2D eigenvalue weighted by atomic mass is 10.0. The normalized spacial score (nSPS) is 12.2. The molecule has 1 aliphatic heterocycles. The summed E-state index contributed by atoms with van der Waals surface area (Å²) >= 11 is 0. The largest absolute Gasteiger partial charge is 0.497 e. The third kappa shape index (κ3) is 2.78. The smallest absolute Gasteiger partial charge is 0.126 e. The fourth-order valence-electron chi connectivity index (χ4n) is 2.43. The molecule has 0 saturated heterocycles. The van der Waals surface area contributed by atoms with E-state index in [4.69, 9.17) is 9.47 Å². The van der Waals surface area contributed by atoms with E-state index in [9.17, 15) is 0 Å². The van der Waals surface area contributed by atoms with Crippen LogP contribution in [0.2, 0.25) is 0 Å². The summed E-state index contributed by atoms with van der Waals surface area (Å²) < 4.78 is 10.6. The zero-order chi connectivity index (χ0) is 13.8. The Labute approximate surface area is 119 Å². The molecular formula is C17H19NO2. The molecule has 0 atom stereocenters. The Morgan fingerprint density at radius 1 is 1.20 bits per heavy atom. The molecule has 0 spiro atoms. The van der Waals surface area contributed by atoms with Gasteiger partial charge < -0.3 is 14.8 Å². The third-order valence-corrected chi connectivity index (χ3v) is 3.64. The summed E-state index contributed by atoms with van der Waals surface area (Å²) in [5.74, 6) is 1.96. The Bertz CT molecular complexity index is 595. The average molecular weight is 269 g/mol. The fraction of sp³-hybridized carbons (Fsp3) is 0.294. The molecule has 1 N–H and O–H groups in total. The molecule has 0 unspecified atom stereocenters. The molecule has 0 radical (unpaired) electrons. The molecule has 0 fully saturated rings. The molecule has 2 aromatic rings. The quantitative estimate of drug-likeness (QED) is 0.818. The van der Waals surface area contributed by atoms with Crippen molar-refractivity contribution in [3.63, 3.8) is 0 Å². The lowest BCUT2D eigenvalue weighted by molar-refractivity contribution is 0.240. The van der Waals surface area contributed by atoms with Crippen molar-refractivity contribution in [2.75, 3.05) is 13.7 Å². The standard InChI is InChI=1S/C17H19NO2/c1-19-15-6-2-4-13(10-15)8-9-18-11-14-5-3-7-17-16(14)12-20-17/h2-7,10,18H,8-9,11-12H2,1H3. The van der Waals surface area contributed by atoms with E-state index in [0.29, 0.717) is 0 Å². The number of nitrogens with one attached hydrogen (secondary N) is 1. The van der Waals surface area contributed by atoms with Crippen molar-refractivity contribution in [3.05, 3.63) is 59.2 Å². The maximum absolute atomic E-state index is 5.38. The van der Waals surface area contributed by atoms with Crippen LogP contribution in [0.5, 0.6) is 11.5 Å². The van der Waals surface area contributed by atoms with Gasteiger partial charge in [-0.15, -0.1) is 0 Å². The van der Waals surface area contributed by atoms with Crippen molar-refractivity contribution in [2.24, 2.45) is 0 Å². The van der Waals surface area contributed by atoms with Gasteiger partial charge in [-0.1, -0.05) is 24.3 Å². The zero-order valence-corrected chi connectivity index (χ0v) is 11.7. The van der Waals surface area contributed by atoms with Gasteiger partial charge in [-0.2, -0.15) is 0 Å². The minimum Gasteiger partial charge on any atom is -0.497 e. The predicted molar refractivity (Wildman–Crippen MR) is 79.2 cm³/mol. The first-order valence-electron chi connectivity index (χ1n) is 6.94. The number of benzene rings is 2. The van der Waals surface area contributed by atoms with Gasteiger partial charge in [0.2, 0.25) is 0 Å². The number of fused-ring (bicyclic) bond motifs is 1. The summed E-state index contributed by atoms with van der Waals surface area (Å²) in [6, 6.07) is 14.5. The van der Waals surface area contributed by atoms with Crippen LogP contribution in [0.25, 0.3) is 0 Å². The van der Waals surface area contributed by atoms with E-state index in [1.807, 2.05) is 18.2 Å². The highest BCUT2D eigenvalue weighted by atomic mass is 16.5. The van der Waals surface area contributed by atoms with E-state index >= 15 is 0 Å². The minimum absolute atomic E-state index is 0.753. The molecule has 3 heteroatoms. The first-order chi connectivity index (χ1) is 9.86. The van der Waals surface area contributed by atoms with Gasteiger partial charge in [-0.25, -0.2) is 0 Å².